The Bertz CT molecular complexity index is 688. The van der Waals surface area contributed by atoms with E-state index in [0.717, 1.165) is 30.0 Å². The van der Waals surface area contributed by atoms with E-state index in [9.17, 15) is 0 Å². The Balaban J connectivity index is 0.00000261. The van der Waals surface area contributed by atoms with E-state index in [2.05, 4.69) is 49.5 Å². The number of nitrogens with one attached hydrogen (secondary N) is 3. The van der Waals surface area contributed by atoms with Crippen LogP contribution in [0.2, 0.25) is 0 Å². The topological polar surface area (TPSA) is 91.1 Å². The Labute approximate surface area is 182 Å². The highest BCUT2D eigenvalue weighted by Gasteiger charge is 2.22. The third-order valence-electron chi connectivity index (χ3n) is 4.52. The lowest BCUT2D eigenvalue weighted by molar-refractivity contribution is 0.419. The Kier molecular flexibility index (Phi) is 9.46. The Morgan fingerprint density at radius 2 is 2.33 bits per heavy atom. The molecule has 2 heterocycles. The van der Waals surface area contributed by atoms with E-state index in [4.69, 9.17) is 4.42 Å². The number of aromatic nitrogens is 3. The van der Waals surface area contributed by atoms with Crippen molar-refractivity contribution in [2.75, 3.05) is 19.3 Å². The van der Waals surface area contributed by atoms with Crippen LogP contribution in [0.1, 0.15) is 38.4 Å². The molecule has 0 spiro atoms. The van der Waals surface area contributed by atoms with Gasteiger partial charge in [-0.2, -0.15) is 16.9 Å². The smallest absolute Gasteiger partial charge is 0.216 e. The highest BCUT2D eigenvalue weighted by Crippen LogP contribution is 2.28. The quantitative estimate of drug-likeness (QED) is 0.304. The number of hydrogen-bond donors (Lipinski definition) is 3. The molecule has 1 aliphatic rings. The number of guanidine groups is 1. The maximum Gasteiger partial charge on any atom is 0.216 e. The monoisotopic (exact) mass is 504 g/mol. The number of aromatic amines is 1. The van der Waals surface area contributed by atoms with E-state index >= 15 is 0 Å². The summed E-state index contributed by atoms with van der Waals surface area (Å²) in [5, 5.41) is 14.9. The SMILES string of the molecule is CCSC1CCCC(NC(=NC)NCCc2nc(-c3ccco3)n[nH]2)C1.I. The molecule has 2 unspecified atom stereocenters. The molecule has 27 heavy (non-hydrogen) atoms. The molecule has 0 amide bonds. The molecule has 1 saturated carbocycles. The van der Waals surface area contributed by atoms with Crippen LogP contribution in [0.25, 0.3) is 11.6 Å². The lowest BCUT2D eigenvalue weighted by Crippen LogP contribution is -2.46. The number of H-pyrrole nitrogens is 1. The molecule has 7 nitrogen and oxygen atoms in total. The van der Waals surface area contributed by atoms with Crippen molar-refractivity contribution in [3.63, 3.8) is 0 Å². The van der Waals surface area contributed by atoms with Gasteiger partial charge in [-0.3, -0.25) is 10.1 Å². The summed E-state index contributed by atoms with van der Waals surface area (Å²) in [5.74, 6) is 4.16. The highest BCUT2D eigenvalue weighted by atomic mass is 127. The molecule has 1 fully saturated rings. The average molecular weight is 504 g/mol. The van der Waals surface area contributed by atoms with Crippen molar-refractivity contribution in [3.05, 3.63) is 24.2 Å². The number of thioether (sulfide) groups is 1. The molecule has 1 aliphatic carbocycles. The Morgan fingerprint density at radius 3 is 3.07 bits per heavy atom. The van der Waals surface area contributed by atoms with Gasteiger partial charge in [0.2, 0.25) is 5.82 Å². The summed E-state index contributed by atoms with van der Waals surface area (Å²) in [7, 11) is 1.82. The van der Waals surface area contributed by atoms with Crippen LogP contribution in [0.3, 0.4) is 0 Å². The van der Waals surface area contributed by atoms with Crippen LogP contribution >= 0.6 is 35.7 Å². The molecule has 0 aromatic carbocycles. The molecule has 0 radical (unpaired) electrons. The van der Waals surface area contributed by atoms with Crippen molar-refractivity contribution in [2.45, 2.75) is 50.3 Å². The van der Waals surface area contributed by atoms with E-state index in [1.807, 2.05) is 19.2 Å². The second kappa shape index (κ2) is 11.6. The molecule has 0 aliphatic heterocycles. The maximum absolute atomic E-state index is 5.31. The predicted molar refractivity (Wildman–Crippen MR) is 122 cm³/mol. The van der Waals surface area contributed by atoms with Gasteiger partial charge in [0.1, 0.15) is 5.82 Å². The summed E-state index contributed by atoms with van der Waals surface area (Å²) < 4.78 is 5.31. The Hall–Kier alpha value is -1.23. The third-order valence-corrected chi connectivity index (χ3v) is 5.75. The molecule has 3 N–H and O–H groups in total. The van der Waals surface area contributed by atoms with Gasteiger partial charge in [-0.15, -0.1) is 24.0 Å². The van der Waals surface area contributed by atoms with Crippen molar-refractivity contribution in [2.24, 2.45) is 4.99 Å². The van der Waals surface area contributed by atoms with Crippen molar-refractivity contribution in [1.29, 1.82) is 0 Å². The van der Waals surface area contributed by atoms with Crippen LogP contribution in [0.4, 0.5) is 0 Å². The number of furan rings is 1. The van der Waals surface area contributed by atoms with Gasteiger partial charge in [0.15, 0.2) is 11.7 Å². The van der Waals surface area contributed by atoms with Crippen LogP contribution < -0.4 is 10.6 Å². The molecule has 2 aromatic heterocycles. The van der Waals surface area contributed by atoms with Crippen LogP contribution in [-0.2, 0) is 6.42 Å². The first-order valence-corrected chi connectivity index (χ1v) is 10.4. The van der Waals surface area contributed by atoms with Gasteiger partial charge in [-0.1, -0.05) is 13.3 Å². The van der Waals surface area contributed by atoms with Crippen molar-refractivity contribution >= 4 is 41.7 Å². The van der Waals surface area contributed by atoms with E-state index in [-0.39, 0.29) is 24.0 Å². The molecule has 2 atom stereocenters. The number of aliphatic imine (C=N–C) groups is 1. The van der Waals surface area contributed by atoms with Crippen molar-refractivity contribution in [3.8, 4) is 11.6 Å². The molecule has 150 valence electrons. The number of hydrogen-bond acceptors (Lipinski definition) is 5. The van der Waals surface area contributed by atoms with Crippen molar-refractivity contribution in [1.82, 2.24) is 25.8 Å². The number of halogens is 1. The zero-order valence-electron chi connectivity index (χ0n) is 15.9. The Morgan fingerprint density at radius 1 is 1.44 bits per heavy atom. The molecular weight excluding hydrogens is 475 g/mol. The van der Waals surface area contributed by atoms with E-state index in [1.54, 1.807) is 6.26 Å². The summed E-state index contributed by atoms with van der Waals surface area (Å²) in [4.78, 5) is 8.81. The van der Waals surface area contributed by atoms with Crippen molar-refractivity contribution < 1.29 is 4.42 Å². The number of rotatable bonds is 7. The van der Waals surface area contributed by atoms with Crippen LogP contribution in [0, 0.1) is 0 Å². The van der Waals surface area contributed by atoms with Gasteiger partial charge in [0.05, 0.1) is 6.26 Å². The minimum atomic E-state index is 0. The fourth-order valence-electron chi connectivity index (χ4n) is 3.27. The van der Waals surface area contributed by atoms with Crippen LogP contribution in [-0.4, -0.2) is 51.8 Å². The largest absolute Gasteiger partial charge is 0.461 e. The van der Waals surface area contributed by atoms with Gasteiger partial charge < -0.3 is 15.1 Å². The third kappa shape index (κ3) is 6.70. The lowest BCUT2D eigenvalue weighted by atomic mass is 9.95. The fraction of sp³-hybridized carbons (Fsp3) is 0.611. The second-order valence-electron chi connectivity index (χ2n) is 6.42. The second-order valence-corrected chi connectivity index (χ2v) is 7.99. The molecule has 0 saturated heterocycles. The van der Waals surface area contributed by atoms with Crippen LogP contribution in [0.5, 0.6) is 0 Å². The molecule has 3 rings (SSSR count). The summed E-state index contributed by atoms with van der Waals surface area (Å²) in [6.45, 7) is 2.98. The van der Waals surface area contributed by atoms with Gasteiger partial charge in [-0.05, 0) is 37.1 Å². The first-order chi connectivity index (χ1) is 12.8. The molecule has 9 heteroatoms. The van der Waals surface area contributed by atoms with Gasteiger partial charge >= 0.3 is 0 Å². The summed E-state index contributed by atoms with van der Waals surface area (Å²) in [6.07, 6.45) is 7.43. The minimum absolute atomic E-state index is 0. The predicted octanol–water partition coefficient (Wildman–Crippen LogP) is 3.45. The standard InChI is InChI=1S/C18H28N6OS.HI/c1-3-26-14-7-4-6-13(12-14)21-18(19-2)20-10-9-16-22-17(24-23-16)15-8-5-11-25-15;/h5,8,11,13-14H,3-4,6-7,9-10,12H2,1-2H3,(H2,19,20,21)(H,22,23,24);1H. The molecule has 0 bridgehead atoms. The average Bonchev–Trinajstić information content (AvgIpc) is 3.33. The summed E-state index contributed by atoms with van der Waals surface area (Å²) in [5.41, 5.74) is 0. The minimum Gasteiger partial charge on any atom is -0.461 e. The fourth-order valence-corrected chi connectivity index (χ4v) is 4.45. The van der Waals surface area contributed by atoms with Gasteiger partial charge in [0, 0.05) is 31.3 Å². The van der Waals surface area contributed by atoms with Gasteiger partial charge in [0.25, 0.3) is 0 Å². The number of nitrogens with zero attached hydrogens (tertiary/aromatic N) is 3. The maximum atomic E-state index is 5.31. The summed E-state index contributed by atoms with van der Waals surface area (Å²) in [6, 6.07) is 4.19. The summed E-state index contributed by atoms with van der Waals surface area (Å²) >= 11 is 2.08. The first kappa shape index (κ1) is 22.1. The van der Waals surface area contributed by atoms with E-state index in [0.29, 0.717) is 17.6 Å². The molecular formula is C18H29IN6OS. The van der Waals surface area contributed by atoms with E-state index in [1.165, 1.54) is 31.4 Å². The van der Waals surface area contributed by atoms with E-state index < -0.39 is 0 Å². The van der Waals surface area contributed by atoms with Gasteiger partial charge in [-0.25, -0.2) is 4.98 Å². The normalized spacial score (nSPS) is 20.1. The first-order valence-electron chi connectivity index (χ1n) is 9.32. The highest BCUT2D eigenvalue weighted by molar-refractivity contribution is 14.0. The zero-order chi connectivity index (χ0) is 18.2. The lowest BCUT2D eigenvalue weighted by Gasteiger charge is -2.30. The zero-order valence-corrected chi connectivity index (χ0v) is 19.0. The molecule has 2 aromatic rings. The van der Waals surface area contributed by atoms with Crippen LogP contribution in [0.15, 0.2) is 27.8 Å².